The van der Waals surface area contributed by atoms with Gasteiger partial charge >= 0.3 is 6.18 Å². The first-order chi connectivity index (χ1) is 14.3. The molecule has 2 fully saturated rings. The number of halogens is 3. The van der Waals surface area contributed by atoms with Gasteiger partial charge in [0.25, 0.3) is 0 Å². The van der Waals surface area contributed by atoms with Crippen LogP contribution in [0.2, 0.25) is 18.1 Å². The van der Waals surface area contributed by atoms with Crippen LogP contribution in [0.15, 0.2) is 0 Å². The molecule has 2 aliphatic rings. The summed E-state index contributed by atoms with van der Waals surface area (Å²) >= 11 is 0. The molecule has 1 amide bonds. The minimum Gasteiger partial charge on any atom is -0.414 e. The lowest BCUT2D eigenvalue weighted by Gasteiger charge is -2.50. The lowest BCUT2D eigenvalue weighted by molar-refractivity contribution is -0.253. The first-order valence-corrected chi connectivity index (χ1v) is 15.0. The Bertz CT molecular complexity index is 674. The molecule has 0 spiro atoms. The number of carbonyl (C=O) groups is 1. The van der Waals surface area contributed by atoms with E-state index in [-0.39, 0.29) is 22.5 Å². The van der Waals surface area contributed by atoms with Crippen LogP contribution in [-0.2, 0) is 9.22 Å². The lowest BCUT2D eigenvalue weighted by Crippen LogP contribution is -2.50. The van der Waals surface area contributed by atoms with Crippen LogP contribution in [0, 0.1) is 23.2 Å². The van der Waals surface area contributed by atoms with Gasteiger partial charge in [-0.1, -0.05) is 41.0 Å². The zero-order chi connectivity index (χ0) is 24.8. The van der Waals surface area contributed by atoms with Crippen LogP contribution >= 0.6 is 0 Å². The summed E-state index contributed by atoms with van der Waals surface area (Å²) in [5.41, 5.74) is -2.89. The van der Waals surface area contributed by atoms with Gasteiger partial charge in [0.1, 0.15) is 0 Å². The Kier molecular flexibility index (Phi) is 7.96. The SMILES string of the molecule is C[C@H](CNC(=O)C[C@](C)(O)C(F)(F)F)[C@H]1CC[C@H]2[C@@H](O[Si](C)(C)C(C)(C)C)CCC[C@]12C. The molecule has 6 atom stereocenters. The first kappa shape index (κ1) is 27.6. The van der Waals surface area contributed by atoms with Gasteiger partial charge in [-0.15, -0.1) is 0 Å². The molecule has 2 N–H and O–H groups in total. The topological polar surface area (TPSA) is 58.6 Å². The van der Waals surface area contributed by atoms with Crippen LogP contribution < -0.4 is 5.32 Å². The minimum absolute atomic E-state index is 0.118. The van der Waals surface area contributed by atoms with Crippen molar-refractivity contribution in [1.29, 1.82) is 0 Å². The van der Waals surface area contributed by atoms with Crippen molar-refractivity contribution in [3.8, 4) is 0 Å². The molecule has 0 bridgehead atoms. The molecule has 0 aromatic rings. The van der Waals surface area contributed by atoms with Crippen molar-refractivity contribution in [3.63, 3.8) is 0 Å². The number of fused-ring (bicyclic) bond motifs is 1. The second kappa shape index (κ2) is 9.21. The van der Waals surface area contributed by atoms with Gasteiger partial charge in [0.05, 0.1) is 6.42 Å². The van der Waals surface area contributed by atoms with Gasteiger partial charge in [-0.3, -0.25) is 4.79 Å². The van der Waals surface area contributed by atoms with Crippen molar-refractivity contribution in [1.82, 2.24) is 5.32 Å². The molecule has 0 heterocycles. The van der Waals surface area contributed by atoms with Crippen molar-refractivity contribution in [2.75, 3.05) is 6.54 Å². The Labute approximate surface area is 193 Å². The molecule has 0 unspecified atom stereocenters. The zero-order valence-corrected chi connectivity index (χ0v) is 22.2. The van der Waals surface area contributed by atoms with E-state index < -0.39 is 32.4 Å². The Morgan fingerprint density at radius 2 is 1.78 bits per heavy atom. The molecule has 0 aliphatic heterocycles. The fraction of sp³-hybridized carbons (Fsp3) is 0.958. The molecule has 0 aromatic carbocycles. The van der Waals surface area contributed by atoms with Gasteiger partial charge < -0.3 is 14.8 Å². The van der Waals surface area contributed by atoms with E-state index in [1.807, 2.05) is 0 Å². The fourth-order valence-electron chi connectivity index (χ4n) is 5.68. The highest BCUT2D eigenvalue weighted by Crippen LogP contribution is 2.59. The summed E-state index contributed by atoms with van der Waals surface area (Å²) in [7, 11) is -1.88. The molecule has 2 rings (SSSR count). The summed E-state index contributed by atoms with van der Waals surface area (Å²) in [5.74, 6) is 0.263. The van der Waals surface area contributed by atoms with Gasteiger partial charge in [-0.25, -0.2) is 0 Å². The number of nitrogens with one attached hydrogen (secondary N) is 1. The molecule has 0 saturated heterocycles. The Morgan fingerprint density at radius 1 is 1.19 bits per heavy atom. The average Bonchev–Trinajstić information content (AvgIpc) is 2.95. The lowest BCUT2D eigenvalue weighted by atomic mass is 9.62. The molecule has 188 valence electrons. The van der Waals surface area contributed by atoms with E-state index in [2.05, 4.69) is 53.0 Å². The largest absolute Gasteiger partial charge is 0.417 e. The number of rotatable bonds is 7. The summed E-state index contributed by atoms with van der Waals surface area (Å²) in [5, 5.41) is 12.4. The molecule has 2 saturated carbocycles. The van der Waals surface area contributed by atoms with Gasteiger partial charge in [0.15, 0.2) is 13.9 Å². The van der Waals surface area contributed by atoms with E-state index in [1.165, 1.54) is 0 Å². The maximum Gasteiger partial charge on any atom is 0.417 e. The summed E-state index contributed by atoms with van der Waals surface area (Å²) < 4.78 is 45.5. The normalized spacial score (nSPS) is 32.2. The van der Waals surface area contributed by atoms with Crippen LogP contribution in [0.1, 0.15) is 80.1 Å². The summed E-state index contributed by atoms with van der Waals surface area (Å²) in [6.45, 7) is 16.8. The van der Waals surface area contributed by atoms with E-state index in [1.54, 1.807) is 0 Å². The quantitative estimate of drug-likeness (QED) is 0.437. The van der Waals surface area contributed by atoms with Gasteiger partial charge in [-0.05, 0) is 73.9 Å². The summed E-state index contributed by atoms with van der Waals surface area (Å²) in [4.78, 5) is 12.1. The molecule has 8 heteroatoms. The number of alkyl halides is 3. The predicted octanol–water partition coefficient (Wildman–Crippen LogP) is 6.05. The Balaban J connectivity index is 2.01. The van der Waals surface area contributed by atoms with E-state index >= 15 is 0 Å². The molecule has 32 heavy (non-hydrogen) atoms. The predicted molar refractivity (Wildman–Crippen MR) is 124 cm³/mol. The molecular formula is C24H44F3NO3Si. The summed E-state index contributed by atoms with van der Waals surface area (Å²) in [6.07, 6.45) is -0.0474. The molecule has 4 nitrogen and oxygen atoms in total. The smallest absolute Gasteiger partial charge is 0.414 e. The van der Waals surface area contributed by atoms with Crippen molar-refractivity contribution >= 4 is 14.2 Å². The van der Waals surface area contributed by atoms with E-state index in [0.29, 0.717) is 25.3 Å². The highest BCUT2D eigenvalue weighted by atomic mass is 28.4. The highest BCUT2D eigenvalue weighted by Gasteiger charge is 2.55. The maximum absolute atomic E-state index is 12.9. The number of hydrogen-bond acceptors (Lipinski definition) is 3. The average molecular weight is 480 g/mol. The van der Waals surface area contributed by atoms with Crippen LogP contribution in [-0.4, -0.2) is 43.8 Å². The van der Waals surface area contributed by atoms with Gasteiger partial charge in [-0.2, -0.15) is 13.2 Å². The first-order valence-electron chi connectivity index (χ1n) is 12.1. The van der Waals surface area contributed by atoms with Crippen LogP contribution in [0.4, 0.5) is 13.2 Å². The fourth-order valence-corrected chi connectivity index (χ4v) is 7.08. The maximum atomic E-state index is 12.9. The van der Waals surface area contributed by atoms with Crippen LogP contribution in [0.3, 0.4) is 0 Å². The van der Waals surface area contributed by atoms with Gasteiger partial charge in [0, 0.05) is 12.6 Å². The van der Waals surface area contributed by atoms with Crippen LogP contribution in [0.25, 0.3) is 0 Å². The van der Waals surface area contributed by atoms with Crippen molar-refractivity contribution in [3.05, 3.63) is 0 Å². The third-order valence-electron chi connectivity index (χ3n) is 8.81. The minimum atomic E-state index is -4.83. The van der Waals surface area contributed by atoms with Crippen molar-refractivity contribution < 1.29 is 27.5 Å². The van der Waals surface area contributed by atoms with Crippen molar-refractivity contribution in [2.45, 2.75) is 116 Å². The third-order valence-corrected chi connectivity index (χ3v) is 13.3. The van der Waals surface area contributed by atoms with E-state index in [4.69, 9.17) is 4.43 Å². The number of aliphatic hydroxyl groups is 1. The highest BCUT2D eigenvalue weighted by molar-refractivity contribution is 6.74. The third kappa shape index (κ3) is 5.72. The Hall–Kier alpha value is -0.603. The zero-order valence-electron chi connectivity index (χ0n) is 21.2. The molecule has 0 radical (unpaired) electrons. The van der Waals surface area contributed by atoms with Crippen molar-refractivity contribution in [2.24, 2.45) is 23.2 Å². The number of carbonyl (C=O) groups excluding carboxylic acids is 1. The second-order valence-electron chi connectivity index (χ2n) is 12.3. The molecular weight excluding hydrogens is 435 g/mol. The standard InChI is InChI=1S/C24H44F3NO3Si/c1-16(15-28-20(29)14-23(6,30)24(25,26)27)17-11-12-18-19(10-9-13-22(17,18)5)31-32(7,8)21(2,3)4/h16-19,30H,9-15H2,1-8H3,(H,28,29)/t16-,17-,18+,19+,22-,23+/m1/s1. The monoisotopic (exact) mass is 479 g/mol. The molecule has 0 aromatic heterocycles. The van der Waals surface area contributed by atoms with E-state index in [0.717, 1.165) is 32.1 Å². The van der Waals surface area contributed by atoms with Crippen LogP contribution in [0.5, 0.6) is 0 Å². The Morgan fingerprint density at radius 3 is 2.31 bits per heavy atom. The van der Waals surface area contributed by atoms with Gasteiger partial charge in [0.2, 0.25) is 5.91 Å². The number of amides is 1. The molecule has 2 aliphatic carbocycles. The number of hydrogen-bond donors (Lipinski definition) is 2. The second-order valence-corrected chi connectivity index (χ2v) is 17.1. The van der Waals surface area contributed by atoms with E-state index in [9.17, 15) is 23.1 Å². The summed E-state index contributed by atoms with van der Waals surface area (Å²) in [6, 6.07) is 0.